The van der Waals surface area contributed by atoms with E-state index in [9.17, 15) is 39.9 Å². The average Bonchev–Trinajstić information content (AvgIpc) is 3.32. The van der Waals surface area contributed by atoms with E-state index in [-0.39, 0.29) is 33.1 Å². The molecule has 34 heavy (non-hydrogen) atoms. The van der Waals surface area contributed by atoms with Crippen molar-refractivity contribution in [2.45, 2.75) is 25.2 Å². The largest absolute Gasteiger partial charge is 0.459 e. The molecule has 0 aliphatic heterocycles. The number of aromatic nitrogens is 3. The third kappa shape index (κ3) is 4.45. The first-order chi connectivity index (χ1) is 15.6. The lowest BCUT2D eigenvalue weighted by molar-refractivity contribution is -0.292. The predicted molar refractivity (Wildman–Crippen MR) is 102 cm³/mol. The molecule has 0 saturated carbocycles. The molecule has 0 fully saturated rings. The van der Waals surface area contributed by atoms with Crippen LogP contribution in [0.2, 0.25) is 5.02 Å². The second-order valence-electron chi connectivity index (χ2n) is 6.90. The SMILES string of the molecule is CCNC(=O)c1cc(-c2cc(-c3c(C(F)(F)F)c(C(F)(F)C(F)(F)F)nn3C)no2)ccc1Cl. The summed E-state index contributed by atoms with van der Waals surface area (Å²) in [5.41, 5.74) is -6.57. The smallest absolute Gasteiger partial charge is 0.356 e. The lowest BCUT2D eigenvalue weighted by Gasteiger charge is -2.19. The Bertz CT molecular complexity index is 1230. The van der Waals surface area contributed by atoms with E-state index in [0.717, 1.165) is 13.1 Å². The van der Waals surface area contributed by atoms with Gasteiger partial charge >= 0.3 is 18.3 Å². The molecule has 0 unspecified atom stereocenters. The van der Waals surface area contributed by atoms with Crippen LogP contribution in [0.5, 0.6) is 0 Å². The number of hydrogen-bond acceptors (Lipinski definition) is 4. The van der Waals surface area contributed by atoms with Crippen LogP contribution < -0.4 is 5.32 Å². The molecule has 1 amide bonds. The fourth-order valence-electron chi connectivity index (χ4n) is 3.07. The highest BCUT2D eigenvalue weighted by Crippen LogP contribution is 2.50. The number of hydrogen-bond donors (Lipinski definition) is 1. The van der Waals surface area contributed by atoms with Gasteiger partial charge in [0.15, 0.2) is 11.5 Å². The van der Waals surface area contributed by atoms with Crippen LogP contribution in [0.3, 0.4) is 0 Å². The van der Waals surface area contributed by atoms with E-state index in [1.165, 1.54) is 18.2 Å². The Balaban J connectivity index is 2.16. The number of amides is 1. The molecular formula is C19H13ClF8N4O2. The molecule has 3 rings (SSSR count). The van der Waals surface area contributed by atoms with Crippen LogP contribution in [0.15, 0.2) is 28.8 Å². The maximum absolute atomic E-state index is 13.9. The van der Waals surface area contributed by atoms with Crippen LogP contribution in [0, 0.1) is 0 Å². The van der Waals surface area contributed by atoms with Gasteiger partial charge in [0.1, 0.15) is 17.0 Å². The summed E-state index contributed by atoms with van der Waals surface area (Å²) in [6, 6.07) is 4.77. The fraction of sp³-hybridized carbons (Fsp3) is 0.316. The second kappa shape index (κ2) is 8.56. The van der Waals surface area contributed by atoms with E-state index in [1.807, 2.05) is 0 Å². The Morgan fingerprint density at radius 2 is 1.76 bits per heavy atom. The van der Waals surface area contributed by atoms with Gasteiger partial charge in [0, 0.05) is 25.2 Å². The fourth-order valence-corrected chi connectivity index (χ4v) is 3.27. The maximum Gasteiger partial charge on any atom is 0.459 e. The molecule has 0 aliphatic carbocycles. The number of nitrogens with zero attached hydrogens (tertiary/aromatic N) is 3. The highest BCUT2D eigenvalue weighted by Gasteiger charge is 2.64. The van der Waals surface area contributed by atoms with Crippen molar-refractivity contribution in [2.75, 3.05) is 6.54 Å². The number of carbonyl (C=O) groups excluding carboxylic acids is 1. The summed E-state index contributed by atoms with van der Waals surface area (Å²) >= 11 is 5.98. The molecule has 2 aromatic heterocycles. The zero-order valence-corrected chi connectivity index (χ0v) is 17.8. The van der Waals surface area contributed by atoms with E-state index in [1.54, 1.807) is 6.92 Å². The summed E-state index contributed by atoms with van der Waals surface area (Å²) in [6.07, 6.45) is -12.0. The summed E-state index contributed by atoms with van der Waals surface area (Å²) in [5, 5.41) is 8.77. The number of benzene rings is 1. The average molecular weight is 517 g/mol. The van der Waals surface area contributed by atoms with Gasteiger partial charge in [0.2, 0.25) is 0 Å². The van der Waals surface area contributed by atoms with Crippen molar-refractivity contribution in [3.05, 3.63) is 46.1 Å². The molecule has 1 N–H and O–H groups in total. The van der Waals surface area contributed by atoms with E-state index >= 15 is 0 Å². The highest BCUT2D eigenvalue weighted by atomic mass is 35.5. The minimum absolute atomic E-state index is 0.00239. The molecule has 0 saturated heterocycles. The standard InChI is InChI=1S/C19H13ClF8N4O2/c1-3-29-16(33)9-6-8(4-5-10(9)20)12-7-11(31-34-12)14-13(18(23,24)25)15(30-32(14)2)17(21,22)19(26,27)28/h4-7H,3H2,1-2H3,(H,29,33). The third-order valence-electron chi connectivity index (χ3n) is 4.57. The van der Waals surface area contributed by atoms with E-state index < -0.39 is 46.8 Å². The van der Waals surface area contributed by atoms with E-state index in [0.29, 0.717) is 0 Å². The first kappa shape index (κ1) is 25.5. The van der Waals surface area contributed by atoms with Crippen molar-refractivity contribution >= 4 is 17.5 Å². The Labute approximate surface area is 190 Å². The van der Waals surface area contributed by atoms with Gasteiger partial charge in [-0.25, -0.2) is 0 Å². The molecule has 15 heteroatoms. The van der Waals surface area contributed by atoms with Gasteiger partial charge in [-0.3, -0.25) is 9.48 Å². The maximum atomic E-state index is 13.9. The molecule has 0 atom stereocenters. The number of rotatable bonds is 5. The zero-order chi connectivity index (χ0) is 25.6. The zero-order valence-electron chi connectivity index (χ0n) is 17.1. The van der Waals surface area contributed by atoms with Gasteiger partial charge in [-0.15, -0.1) is 0 Å². The van der Waals surface area contributed by atoms with Gasteiger partial charge in [0.25, 0.3) is 5.91 Å². The van der Waals surface area contributed by atoms with Crippen LogP contribution in [0.25, 0.3) is 22.7 Å². The van der Waals surface area contributed by atoms with Crippen LogP contribution in [-0.4, -0.2) is 33.6 Å². The number of alkyl halides is 8. The summed E-state index contributed by atoms with van der Waals surface area (Å²) in [4.78, 5) is 12.1. The number of aryl methyl sites for hydroxylation is 1. The first-order valence-corrected chi connectivity index (χ1v) is 9.61. The second-order valence-corrected chi connectivity index (χ2v) is 7.30. The quantitative estimate of drug-likeness (QED) is 0.434. The number of nitrogens with one attached hydrogen (secondary N) is 1. The van der Waals surface area contributed by atoms with Crippen molar-refractivity contribution in [1.82, 2.24) is 20.3 Å². The predicted octanol–water partition coefficient (Wildman–Crippen LogP) is 5.82. The Morgan fingerprint density at radius 1 is 1.12 bits per heavy atom. The molecule has 184 valence electrons. The van der Waals surface area contributed by atoms with Gasteiger partial charge in [0.05, 0.1) is 10.6 Å². The molecular weight excluding hydrogens is 504 g/mol. The Kier molecular flexibility index (Phi) is 6.41. The molecule has 0 radical (unpaired) electrons. The molecule has 2 heterocycles. The monoisotopic (exact) mass is 516 g/mol. The normalized spacial score (nSPS) is 12.8. The van der Waals surface area contributed by atoms with Gasteiger partial charge in [-0.2, -0.15) is 40.2 Å². The summed E-state index contributed by atoms with van der Waals surface area (Å²) < 4.78 is 112. The summed E-state index contributed by atoms with van der Waals surface area (Å²) in [6.45, 7) is 1.93. The van der Waals surface area contributed by atoms with Crippen molar-refractivity contribution < 1.29 is 44.4 Å². The van der Waals surface area contributed by atoms with E-state index in [2.05, 4.69) is 15.6 Å². The van der Waals surface area contributed by atoms with Crippen molar-refractivity contribution in [3.63, 3.8) is 0 Å². The molecule has 1 aromatic carbocycles. The lowest BCUT2D eigenvalue weighted by Crippen LogP contribution is -2.36. The van der Waals surface area contributed by atoms with Gasteiger partial charge in [-0.05, 0) is 25.1 Å². The van der Waals surface area contributed by atoms with E-state index in [4.69, 9.17) is 16.1 Å². The highest BCUT2D eigenvalue weighted by molar-refractivity contribution is 6.34. The molecule has 0 aliphatic rings. The molecule has 0 spiro atoms. The van der Waals surface area contributed by atoms with Crippen LogP contribution in [-0.2, 0) is 19.1 Å². The lowest BCUT2D eigenvalue weighted by atomic mass is 10.0. The molecule has 6 nitrogen and oxygen atoms in total. The minimum atomic E-state index is -6.33. The summed E-state index contributed by atoms with van der Waals surface area (Å²) in [7, 11) is 0.754. The van der Waals surface area contributed by atoms with Crippen molar-refractivity contribution in [1.29, 1.82) is 0 Å². The summed E-state index contributed by atoms with van der Waals surface area (Å²) in [5.74, 6) is -6.66. The molecule has 3 aromatic rings. The van der Waals surface area contributed by atoms with Gasteiger partial charge in [-0.1, -0.05) is 16.8 Å². The topological polar surface area (TPSA) is 73.0 Å². The van der Waals surface area contributed by atoms with Crippen LogP contribution in [0.1, 0.15) is 28.5 Å². The van der Waals surface area contributed by atoms with Crippen LogP contribution >= 0.6 is 11.6 Å². The Morgan fingerprint density at radius 3 is 2.32 bits per heavy atom. The number of carbonyl (C=O) groups is 1. The third-order valence-corrected chi connectivity index (χ3v) is 4.90. The number of halogens is 9. The molecule has 0 bridgehead atoms. The van der Waals surface area contributed by atoms with Crippen molar-refractivity contribution in [3.8, 4) is 22.7 Å². The van der Waals surface area contributed by atoms with Crippen molar-refractivity contribution in [2.24, 2.45) is 7.05 Å². The minimum Gasteiger partial charge on any atom is -0.356 e. The first-order valence-electron chi connectivity index (χ1n) is 9.24. The van der Waals surface area contributed by atoms with Gasteiger partial charge < -0.3 is 9.84 Å². The van der Waals surface area contributed by atoms with Crippen LogP contribution in [0.4, 0.5) is 35.1 Å². The Hall–Kier alpha value is -3.16.